The third-order valence-corrected chi connectivity index (χ3v) is 6.20. The second-order valence-electron chi connectivity index (χ2n) is 5.39. The van der Waals surface area contributed by atoms with Gasteiger partial charge in [0.2, 0.25) is 0 Å². The predicted molar refractivity (Wildman–Crippen MR) is 78.1 cm³/mol. The van der Waals surface area contributed by atoms with Crippen LogP contribution in [0.3, 0.4) is 0 Å². The molecule has 1 fully saturated rings. The van der Waals surface area contributed by atoms with E-state index in [1.165, 1.54) is 12.1 Å². The lowest BCUT2D eigenvalue weighted by Gasteiger charge is -2.21. The fraction of sp³-hybridized carbons (Fsp3) is 0.429. The zero-order valence-corrected chi connectivity index (χ0v) is 12.4. The summed E-state index contributed by atoms with van der Waals surface area (Å²) in [6.45, 7) is 0. The van der Waals surface area contributed by atoms with Gasteiger partial charge in [-0.15, -0.1) is 0 Å². The fourth-order valence-corrected chi connectivity index (χ4v) is 4.83. The molecule has 21 heavy (non-hydrogen) atoms. The Kier molecular flexibility index (Phi) is 3.24. The lowest BCUT2D eigenvalue weighted by Crippen LogP contribution is -2.24. The Bertz CT molecular complexity index is 823. The highest BCUT2D eigenvalue weighted by Crippen LogP contribution is 2.34. The molecule has 1 aromatic heterocycles. The lowest BCUT2D eigenvalue weighted by molar-refractivity contribution is 0.0697. The summed E-state index contributed by atoms with van der Waals surface area (Å²) in [6, 6.07) is 4.66. The molecule has 1 N–H and O–H groups in total. The van der Waals surface area contributed by atoms with Gasteiger partial charge in [0.15, 0.2) is 9.84 Å². The van der Waals surface area contributed by atoms with E-state index in [1.54, 1.807) is 17.7 Å². The molecular formula is C14H16N2O4S. The second kappa shape index (κ2) is 4.84. The molecule has 1 atom stereocenters. The molecule has 0 amide bonds. The first-order valence-electron chi connectivity index (χ1n) is 6.81. The number of sulfone groups is 1. The van der Waals surface area contributed by atoms with Gasteiger partial charge in [-0.25, -0.2) is 18.2 Å². The molecule has 112 valence electrons. The molecule has 0 saturated carbocycles. The number of carboxylic acid groups (broad SMARTS) is 1. The summed E-state index contributed by atoms with van der Waals surface area (Å²) in [6.07, 6.45) is 2.14. The van der Waals surface area contributed by atoms with Crippen LogP contribution in [0.1, 0.15) is 40.7 Å². The number of nitrogens with zero attached hydrogens (tertiary/aromatic N) is 2. The van der Waals surface area contributed by atoms with Gasteiger partial charge in [0, 0.05) is 7.05 Å². The number of aromatic nitrogens is 2. The Morgan fingerprint density at radius 1 is 1.38 bits per heavy atom. The third-order valence-electron chi connectivity index (χ3n) is 4.03. The molecule has 7 heteroatoms. The summed E-state index contributed by atoms with van der Waals surface area (Å²) in [4.78, 5) is 15.4. The first-order valence-corrected chi connectivity index (χ1v) is 8.53. The van der Waals surface area contributed by atoms with E-state index in [2.05, 4.69) is 4.98 Å². The predicted octanol–water partition coefficient (Wildman–Crippen LogP) is 1.91. The van der Waals surface area contributed by atoms with E-state index in [0.29, 0.717) is 24.2 Å². The number of aryl methyl sites for hydroxylation is 1. The van der Waals surface area contributed by atoms with Crippen molar-refractivity contribution in [2.24, 2.45) is 7.05 Å². The maximum absolute atomic E-state index is 12.2. The number of rotatable bonds is 2. The van der Waals surface area contributed by atoms with Crippen LogP contribution in [0.5, 0.6) is 0 Å². The summed E-state index contributed by atoms with van der Waals surface area (Å²) in [5.41, 5.74) is 1.42. The number of imidazole rings is 1. The number of carboxylic acids is 1. The molecule has 1 aliphatic heterocycles. The highest BCUT2D eigenvalue weighted by molar-refractivity contribution is 7.91. The number of benzene rings is 1. The molecule has 1 aromatic carbocycles. The Labute approximate surface area is 122 Å². The maximum atomic E-state index is 12.2. The third kappa shape index (κ3) is 2.31. The van der Waals surface area contributed by atoms with Crippen molar-refractivity contribution in [1.82, 2.24) is 9.55 Å². The van der Waals surface area contributed by atoms with E-state index in [1.807, 2.05) is 0 Å². The second-order valence-corrected chi connectivity index (χ2v) is 7.69. The van der Waals surface area contributed by atoms with Crippen LogP contribution in [-0.4, -0.2) is 34.8 Å². The SMILES string of the molecule is Cn1c(C2CCCCS2(=O)=O)nc2cc(C(=O)O)ccc21. The number of aromatic carboxylic acids is 1. The summed E-state index contributed by atoms with van der Waals surface area (Å²) in [5, 5.41) is 8.44. The van der Waals surface area contributed by atoms with Gasteiger partial charge in [0.05, 0.1) is 22.3 Å². The molecule has 0 bridgehead atoms. The molecule has 2 heterocycles. The van der Waals surface area contributed by atoms with E-state index < -0.39 is 21.1 Å². The van der Waals surface area contributed by atoms with Gasteiger partial charge in [0.25, 0.3) is 0 Å². The Balaban J connectivity index is 2.15. The molecule has 3 rings (SSSR count). The average molecular weight is 308 g/mol. The van der Waals surface area contributed by atoms with Crippen LogP contribution in [0.15, 0.2) is 18.2 Å². The standard InChI is InChI=1S/C14H16N2O4S/c1-16-11-6-5-9(14(17)18)8-10(11)15-13(16)12-4-2-3-7-21(12,19)20/h5-6,8,12H,2-4,7H2,1H3,(H,17,18). The number of carbonyl (C=O) groups is 1. The van der Waals surface area contributed by atoms with Crippen molar-refractivity contribution in [2.75, 3.05) is 5.75 Å². The molecule has 0 spiro atoms. The van der Waals surface area contributed by atoms with Gasteiger partial charge in [-0.3, -0.25) is 0 Å². The summed E-state index contributed by atoms with van der Waals surface area (Å²) in [7, 11) is -1.40. The summed E-state index contributed by atoms with van der Waals surface area (Å²) in [5.74, 6) is -0.317. The fourth-order valence-electron chi connectivity index (χ4n) is 2.88. The van der Waals surface area contributed by atoms with E-state index >= 15 is 0 Å². The minimum Gasteiger partial charge on any atom is -0.478 e. The van der Waals surface area contributed by atoms with Crippen molar-refractivity contribution in [2.45, 2.75) is 24.5 Å². The van der Waals surface area contributed by atoms with Crippen LogP contribution in [0.25, 0.3) is 11.0 Å². The largest absolute Gasteiger partial charge is 0.478 e. The molecule has 2 aromatic rings. The van der Waals surface area contributed by atoms with Gasteiger partial charge in [-0.2, -0.15) is 0 Å². The van der Waals surface area contributed by atoms with Gasteiger partial charge < -0.3 is 9.67 Å². The van der Waals surface area contributed by atoms with E-state index in [0.717, 1.165) is 11.9 Å². The monoisotopic (exact) mass is 308 g/mol. The van der Waals surface area contributed by atoms with Gasteiger partial charge in [-0.1, -0.05) is 6.42 Å². The van der Waals surface area contributed by atoms with Crippen molar-refractivity contribution in [3.05, 3.63) is 29.6 Å². The molecule has 6 nitrogen and oxygen atoms in total. The molecule has 0 radical (unpaired) electrons. The van der Waals surface area contributed by atoms with Gasteiger partial charge in [0.1, 0.15) is 11.1 Å². The van der Waals surface area contributed by atoms with Crippen LogP contribution >= 0.6 is 0 Å². The van der Waals surface area contributed by atoms with Crippen molar-refractivity contribution >= 4 is 26.8 Å². The Morgan fingerprint density at radius 3 is 2.81 bits per heavy atom. The Morgan fingerprint density at radius 2 is 2.14 bits per heavy atom. The van der Waals surface area contributed by atoms with Crippen molar-refractivity contribution in [1.29, 1.82) is 0 Å². The highest BCUT2D eigenvalue weighted by atomic mass is 32.2. The smallest absolute Gasteiger partial charge is 0.335 e. The number of hydrogen-bond acceptors (Lipinski definition) is 4. The maximum Gasteiger partial charge on any atom is 0.335 e. The van der Waals surface area contributed by atoms with Gasteiger partial charge >= 0.3 is 5.97 Å². The molecule has 0 aliphatic carbocycles. The summed E-state index contributed by atoms with van der Waals surface area (Å²) >= 11 is 0. The van der Waals surface area contributed by atoms with E-state index in [4.69, 9.17) is 5.11 Å². The molecule has 1 aliphatic rings. The van der Waals surface area contributed by atoms with Crippen LogP contribution < -0.4 is 0 Å². The van der Waals surface area contributed by atoms with Crippen LogP contribution in [0, 0.1) is 0 Å². The van der Waals surface area contributed by atoms with Crippen LogP contribution in [0.4, 0.5) is 0 Å². The highest BCUT2D eigenvalue weighted by Gasteiger charge is 2.33. The number of fused-ring (bicyclic) bond motifs is 1. The van der Waals surface area contributed by atoms with Crippen molar-refractivity contribution in [3.63, 3.8) is 0 Å². The molecule has 1 unspecified atom stereocenters. The molecule has 1 saturated heterocycles. The van der Waals surface area contributed by atoms with E-state index in [-0.39, 0.29) is 11.3 Å². The van der Waals surface area contributed by atoms with E-state index in [9.17, 15) is 13.2 Å². The quantitative estimate of drug-likeness (QED) is 0.915. The van der Waals surface area contributed by atoms with Gasteiger partial charge in [-0.05, 0) is 31.0 Å². The zero-order valence-electron chi connectivity index (χ0n) is 11.6. The Hall–Kier alpha value is -1.89. The first-order chi connectivity index (χ1) is 9.90. The van der Waals surface area contributed by atoms with Crippen LogP contribution in [0.2, 0.25) is 0 Å². The minimum absolute atomic E-state index is 0.152. The van der Waals surface area contributed by atoms with Crippen molar-refractivity contribution < 1.29 is 18.3 Å². The zero-order chi connectivity index (χ0) is 15.2. The topological polar surface area (TPSA) is 89.3 Å². The summed E-state index contributed by atoms with van der Waals surface area (Å²) < 4.78 is 26.2. The van der Waals surface area contributed by atoms with Crippen LogP contribution in [-0.2, 0) is 16.9 Å². The average Bonchev–Trinajstić information content (AvgIpc) is 2.75. The minimum atomic E-state index is -3.17. The first kappa shape index (κ1) is 14.1. The number of hydrogen-bond donors (Lipinski definition) is 1. The normalized spacial score (nSPS) is 21.5. The van der Waals surface area contributed by atoms with Crippen molar-refractivity contribution in [3.8, 4) is 0 Å². The molecular weight excluding hydrogens is 292 g/mol. The lowest BCUT2D eigenvalue weighted by atomic mass is 10.2.